The van der Waals surface area contributed by atoms with E-state index in [2.05, 4.69) is 0 Å². The lowest BCUT2D eigenvalue weighted by Gasteiger charge is -2.23. The first-order chi connectivity index (χ1) is 8.94. The van der Waals surface area contributed by atoms with E-state index in [4.69, 9.17) is 10.5 Å². The molecule has 0 radical (unpaired) electrons. The number of alkyl halides is 3. The Morgan fingerprint density at radius 1 is 1.32 bits per heavy atom. The fourth-order valence-electron chi connectivity index (χ4n) is 1.95. The molecule has 0 saturated heterocycles. The Morgan fingerprint density at radius 2 is 2.05 bits per heavy atom. The zero-order valence-corrected chi connectivity index (χ0v) is 10.5. The Morgan fingerprint density at radius 3 is 2.63 bits per heavy atom. The van der Waals surface area contributed by atoms with E-state index in [0.29, 0.717) is 11.4 Å². The molecule has 0 amide bonds. The monoisotopic (exact) mass is 274 g/mol. The SMILES string of the molecule is Nc1cccc(OCCN(CC(F)(F)F)C2CC2)c1. The highest BCUT2D eigenvalue weighted by Crippen LogP contribution is 2.29. The van der Waals surface area contributed by atoms with Gasteiger partial charge in [-0.1, -0.05) is 6.07 Å². The number of anilines is 1. The predicted molar refractivity (Wildman–Crippen MR) is 67.0 cm³/mol. The van der Waals surface area contributed by atoms with Gasteiger partial charge in [0.05, 0.1) is 6.54 Å². The van der Waals surface area contributed by atoms with Gasteiger partial charge in [-0.2, -0.15) is 13.2 Å². The van der Waals surface area contributed by atoms with Gasteiger partial charge in [0, 0.05) is 24.3 Å². The van der Waals surface area contributed by atoms with Crippen molar-refractivity contribution in [2.45, 2.75) is 25.1 Å². The second-order valence-electron chi connectivity index (χ2n) is 4.74. The average molecular weight is 274 g/mol. The molecule has 1 aliphatic carbocycles. The number of rotatable bonds is 6. The topological polar surface area (TPSA) is 38.5 Å². The molecule has 1 saturated carbocycles. The predicted octanol–water partition coefficient (Wildman–Crippen LogP) is 2.67. The van der Waals surface area contributed by atoms with Crippen LogP contribution in [0.1, 0.15) is 12.8 Å². The third-order valence-corrected chi connectivity index (χ3v) is 2.95. The summed E-state index contributed by atoms with van der Waals surface area (Å²) < 4.78 is 42.6. The fraction of sp³-hybridized carbons (Fsp3) is 0.538. The maximum atomic E-state index is 12.4. The fourth-order valence-corrected chi connectivity index (χ4v) is 1.95. The first kappa shape index (κ1) is 14.0. The summed E-state index contributed by atoms with van der Waals surface area (Å²) in [5, 5.41) is 0. The third-order valence-electron chi connectivity index (χ3n) is 2.95. The smallest absolute Gasteiger partial charge is 0.401 e. The molecule has 0 heterocycles. The normalized spacial score (nSPS) is 15.8. The van der Waals surface area contributed by atoms with Crippen LogP contribution in [0.25, 0.3) is 0 Å². The molecule has 0 aliphatic heterocycles. The van der Waals surface area contributed by atoms with Crippen molar-refractivity contribution < 1.29 is 17.9 Å². The quantitative estimate of drug-likeness (QED) is 0.811. The maximum Gasteiger partial charge on any atom is 0.401 e. The van der Waals surface area contributed by atoms with Gasteiger partial charge in [-0.05, 0) is 25.0 Å². The molecule has 0 bridgehead atoms. The molecule has 2 N–H and O–H groups in total. The summed E-state index contributed by atoms with van der Waals surface area (Å²) in [5.74, 6) is 0.586. The summed E-state index contributed by atoms with van der Waals surface area (Å²) in [6.07, 6.45) is -2.47. The molecule has 2 rings (SSSR count). The molecular formula is C13H17F3N2O. The van der Waals surface area contributed by atoms with E-state index in [-0.39, 0.29) is 19.2 Å². The molecule has 3 nitrogen and oxygen atoms in total. The molecule has 0 spiro atoms. The molecule has 19 heavy (non-hydrogen) atoms. The van der Waals surface area contributed by atoms with Crippen molar-refractivity contribution in [3.8, 4) is 5.75 Å². The number of benzene rings is 1. The van der Waals surface area contributed by atoms with Crippen LogP contribution in [0.4, 0.5) is 18.9 Å². The minimum absolute atomic E-state index is 0.0612. The molecule has 1 fully saturated rings. The van der Waals surface area contributed by atoms with Crippen LogP contribution in [-0.2, 0) is 0 Å². The summed E-state index contributed by atoms with van der Waals surface area (Å²) in [5.41, 5.74) is 6.17. The number of halogens is 3. The van der Waals surface area contributed by atoms with Gasteiger partial charge in [-0.3, -0.25) is 4.90 Å². The molecule has 0 atom stereocenters. The largest absolute Gasteiger partial charge is 0.492 e. The van der Waals surface area contributed by atoms with Gasteiger partial charge < -0.3 is 10.5 Å². The summed E-state index contributed by atoms with van der Waals surface area (Å²) in [4.78, 5) is 1.44. The Balaban J connectivity index is 1.79. The number of hydrogen-bond acceptors (Lipinski definition) is 3. The minimum Gasteiger partial charge on any atom is -0.492 e. The molecule has 1 aromatic carbocycles. The highest BCUT2D eigenvalue weighted by Gasteiger charge is 2.37. The summed E-state index contributed by atoms with van der Waals surface area (Å²) in [6.45, 7) is -0.354. The lowest BCUT2D eigenvalue weighted by molar-refractivity contribution is -0.147. The van der Waals surface area contributed by atoms with E-state index in [9.17, 15) is 13.2 Å². The van der Waals surface area contributed by atoms with Crippen LogP contribution in [0, 0.1) is 0 Å². The molecule has 0 unspecified atom stereocenters. The van der Waals surface area contributed by atoms with E-state index in [1.807, 2.05) is 0 Å². The van der Waals surface area contributed by atoms with Crippen LogP contribution in [0.2, 0.25) is 0 Å². The number of ether oxygens (including phenoxy) is 1. The van der Waals surface area contributed by atoms with Crippen molar-refractivity contribution in [2.24, 2.45) is 0 Å². The van der Waals surface area contributed by atoms with Crippen LogP contribution in [0.5, 0.6) is 5.75 Å². The lowest BCUT2D eigenvalue weighted by Crippen LogP contribution is -2.38. The highest BCUT2D eigenvalue weighted by molar-refractivity contribution is 5.43. The van der Waals surface area contributed by atoms with Gasteiger partial charge in [0.2, 0.25) is 0 Å². The minimum atomic E-state index is -4.15. The first-order valence-corrected chi connectivity index (χ1v) is 6.23. The van der Waals surface area contributed by atoms with Crippen molar-refractivity contribution >= 4 is 5.69 Å². The highest BCUT2D eigenvalue weighted by atomic mass is 19.4. The zero-order chi connectivity index (χ0) is 13.9. The Kier molecular flexibility index (Phi) is 4.19. The van der Waals surface area contributed by atoms with Gasteiger partial charge in [-0.25, -0.2) is 0 Å². The first-order valence-electron chi connectivity index (χ1n) is 6.23. The maximum absolute atomic E-state index is 12.4. The summed E-state index contributed by atoms with van der Waals surface area (Å²) >= 11 is 0. The Hall–Kier alpha value is -1.43. The molecule has 1 aromatic rings. The number of hydrogen-bond donors (Lipinski definition) is 1. The number of nitrogens with two attached hydrogens (primary N) is 1. The average Bonchev–Trinajstić information content (AvgIpc) is 3.10. The zero-order valence-electron chi connectivity index (χ0n) is 10.5. The molecular weight excluding hydrogens is 257 g/mol. The van der Waals surface area contributed by atoms with Crippen LogP contribution >= 0.6 is 0 Å². The van der Waals surface area contributed by atoms with Crippen molar-refractivity contribution in [1.29, 1.82) is 0 Å². The van der Waals surface area contributed by atoms with Gasteiger partial charge in [0.25, 0.3) is 0 Å². The van der Waals surface area contributed by atoms with Crippen molar-refractivity contribution in [3.63, 3.8) is 0 Å². The van der Waals surface area contributed by atoms with Gasteiger partial charge in [0.1, 0.15) is 12.4 Å². The number of nitrogens with zero attached hydrogens (tertiary/aromatic N) is 1. The summed E-state index contributed by atoms with van der Waals surface area (Å²) in [6, 6.07) is 6.94. The third kappa shape index (κ3) is 4.98. The second-order valence-corrected chi connectivity index (χ2v) is 4.74. The van der Waals surface area contributed by atoms with Crippen molar-refractivity contribution in [3.05, 3.63) is 24.3 Å². The number of nitrogen functional groups attached to an aromatic ring is 1. The van der Waals surface area contributed by atoms with Crippen molar-refractivity contribution in [2.75, 3.05) is 25.4 Å². The van der Waals surface area contributed by atoms with E-state index < -0.39 is 12.7 Å². The van der Waals surface area contributed by atoms with Gasteiger partial charge >= 0.3 is 6.18 Å². The molecule has 106 valence electrons. The lowest BCUT2D eigenvalue weighted by atomic mass is 10.3. The molecule has 0 aromatic heterocycles. The standard InChI is InChI=1S/C13H17F3N2O/c14-13(15,16)9-18(11-4-5-11)6-7-19-12-3-1-2-10(17)8-12/h1-3,8,11H,4-7,9,17H2. The van der Waals surface area contributed by atoms with Crippen molar-refractivity contribution in [1.82, 2.24) is 4.90 Å². The molecule has 6 heteroatoms. The second kappa shape index (κ2) is 5.69. The van der Waals surface area contributed by atoms with E-state index in [1.165, 1.54) is 4.90 Å². The van der Waals surface area contributed by atoms with E-state index in [0.717, 1.165) is 12.8 Å². The van der Waals surface area contributed by atoms with Crippen LogP contribution in [-0.4, -0.2) is 36.8 Å². The Bertz CT molecular complexity index is 419. The van der Waals surface area contributed by atoms with Crippen LogP contribution in [0.15, 0.2) is 24.3 Å². The molecule has 1 aliphatic rings. The van der Waals surface area contributed by atoms with Crippen LogP contribution < -0.4 is 10.5 Å². The van der Waals surface area contributed by atoms with E-state index >= 15 is 0 Å². The Labute approximate surface area is 110 Å². The van der Waals surface area contributed by atoms with Gasteiger partial charge in [-0.15, -0.1) is 0 Å². The summed E-state index contributed by atoms with van der Waals surface area (Å²) in [7, 11) is 0. The van der Waals surface area contributed by atoms with Crippen LogP contribution in [0.3, 0.4) is 0 Å². The van der Waals surface area contributed by atoms with E-state index in [1.54, 1.807) is 24.3 Å². The van der Waals surface area contributed by atoms with Gasteiger partial charge in [0.15, 0.2) is 0 Å².